The van der Waals surface area contributed by atoms with Crippen LogP contribution >= 0.6 is 0 Å². The summed E-state index contributed by atoms with van der Waals surface area (Å²) in [4.78, 5) is 70.5. The fraction of sp³-hybridized carbons (Fsp3) is 0.326. The summed E-state index contributed by atoms with van der Waals surface area (Å²) < 4.78 is 0. The first-order chi connectivity index (χ1) is 27.4. The number of benzene rings is 4. The summed E-state index contributed by atoms with van der Waals surface area (Å²) in [5, 5.41) is 33.9. The molecule has 0 saturated heterocycles. The number of unbranched alkanes of at least 4 members (excludes halogenated alkanes) is 1. The lowest BCUT2D eigenvalue weighted by atomic mass is 10.0. The number of fused-ring (bicyclic) bond motifs is 2. The van der Waals surface area contributed by atoms with Crippen LogP contribution in [0.5, 0.6) is 0 Å². The number of carboxylic acid groups (broad SMARTS) is 1. The quantitative estimate of drug-likeness (QED) is 0.0526. The standard InChI is InChI=1S/C43H51N7O7/c1-26(51)38(42(55)49-37(43(56)57)23-28-18-19-29-13-5-6-14-30(29)21-28)50-40(53)35(17-9-10-20-44)47-41(54)36(24-31-25-46-34-16-8-7-15-32(31)34)48-39(52)33(45)22-27-11-3-2-4-12-27/h2-8,11-16,18-19,21,25-26,33,35-38,46,51H,9-10,17,20,22-24,44-45H2,1H3,(H,47,54)(H,48,52)(H,49,55)(H,50,53)(H,56,57)/t26-,33+,35+,36-,37+,38+/m1/s1. The number of amides is 4. The van der Waals surface area contributed by atoms with Gasteiger partial charge >= 0.3 is 5.97 Å². The topological polar surface area (TPSA) is 242 Å². The lowest BCUT2D eigenvalue weighted by molar-refractivity contribution is -0.143. The van der Waals surface area contributed by atoms with Gasteiger partial charge in [0.1, 0.15) is 24.2 Å². The fourth-order valence-electron chi connectivity index (χ4n) is 6.73. The molecule has 11 N–H and O–H groups in total. The third kappa shape index (κ3) is 11.7. The van der Waals surface area contributed by atoms with Gasteiger partial charge in [-0.05, 0) is 72.7 Å². The van der Waals surface area contributed by atoms with Crippen molar-refractivity contribution < 1.29 is 34.2 Å². The zero-order chi connectivity index (χ0) is 40.9. The van der Waals surface area contributed by atoms with Crippen LogP contribution in [-0.2, 0) is 43.2 Å². The van der Waals surface area contributed by atoms with Gasteiger partial charge in [0, 0.05) is 29.9 Å². The van der Waals surface area contributed by atoms with Crippen molar-refractivity contribution in [3.63, 3.8) is 0 Å². The van der Waals surface area contributed by atoms with E-state index in [9.17, 15) is 34.2 Å². The SMILES string of the molecule is C[C@@H](O)[C@H](NC(=O)[C@H](CCCCN)NC(=O)[C@@H](Cc1c[nH]c2ccccc12)NC(=O)[C@@H](N)Cc1ccccc1)C(=O)N[C@@H](Cc1ccc2ccccc2c1)C(=O)O. The Bertz CT molecular complexity index is 2160. The molecule has 0 fully saturated rings. The number of nitrogens with two attached hydrogens (primary N) is 2. The van der Waals surface area contributed by atoms with Gasteiger partial charge in [-0.1, -0.05) is 91.0 Å². The average molecular weight is 778 g/mol. The van der Waals surface area contributed by atoms with Crippen molar-refractivity contribution in [3.05, 3.63) is 120 Å². The summed E-state index contributed by atoms with van der Waals surface area (Å²) in [6.45, 7) is 1.62. The Balaban J connectivity index is 1.32. The monoisotopic (exact) mass is 777 g/mol. The molecule has 14 nitrogen and oxygen atoms in total. The number of carbonyl (C=O) groups excluding carboxylic acids is 4. The van der Waals surface area contributed by atoms with Crippen LogP contribution in [0.2, 0.25) is 0 Å². The van der Waals surface area contributed by atoms with Crippen molar-refractivity contribution in [1.82, 2.24) is 26.3 Å². The van der Waals surface area contributed by atoms with Crippen LogP contribution in [-0.4, -0.2) is 87.7 Å². The van der Waals surface area contributed by atoms with E-state index in [2.05, 4.69) is 26.3 Å². The average Bonchev–Trinajstić information content (AvgIpc) is 3.61. The fourth-order valence-corrected chi connectivity index (χ4v) is 6.73. The smallest absolute Gasteiger partial charge is 0.326 e. The number of carbonyl (C=O) groups is 5. The van der Waals surface area contributed by atoms with Crippen molar-refractivity contribution in [2.24, 2.45) is 11.5 Å². The van der Waals surface area contributed by atoms with E-state index in [0.717, 1.165) is 32.8 Å². The maximum atomic E-state index is 14.1. The van der Waals surface area contributed by atoms with Gasteiger partial charge < -0.3 is 47.9 Å². The maximum absolute atomic E-state index is 14.1. The Morgan fingerprint density at radius 1 is 0.667 bits per heavy atom. The molecule has 0 spiro atoms. The van der Waals surface area contributed by atoms with E-state index in [1.165, 1.54) is 6.92 Å². The highest BCUT2D eigenvalue weighted by Gasteiger charge is 2.34. The van der Waals surface area contributed by atoms with Crippen LogP contribution in [0.25, 0.3) is 21.7 Å². The number of aliphatic hydroxyl groups excluding tert-OH is 1. The lowest BCUT2D eigenvalue weighted by Gasteiger charge is -2.27. The molecule has 0 aliphatic heterocycles. The number of hydrogen-bond acceptors (Lipinski definition) is 8. The molecular weight excluding hydrogens is 727 g/mol. The molecule has 4 amide bonds. The normalized spacial score (nSPS) is 14.5. The molecule has 0 bridgehead atoms. The van der Waals surface area contributed by atoms with Gasteiger partial charge in [-0.2, -0.15) is 0 Å². The molecule has 5 rings (SSSR count). The van der Waals surface area contributed by atoms with Crippen molar-refractivity contribution in [1.29, 1.82) is 0 Å². The third-order valence-corrected chi connectivity index (χ3v) is 9.88. The Kier molecular flexibility index (Phi) is 14.9. The Morgan fingerprint density at radius 2 is 1.32 bits per heavy atom. The van der Waals surface area contributed by atoms with Crippen molar-refractivity contribution in [2.45, 2.75) is 81.8 Å². The van der Waals surface area contributed by atoms with E-state index in [1.807, 2.05) is 91.0 Å². The Hall–Kier alpha value is -6.09. The van der Waals surface area contributed by atoms with Crippen LogP contribution in [0.4, 0.5) is 0 Å². The molecular formula is C43H51N7O7. The maximum Gasteiger partial charge on any atom is 0.326 e. The van der Waals surface area contributed by atoms with Crippen LogP contribution < -0.4 is 32.7 Å². The molecule has 300 valence electrons. The number of para-hydroxylation sites is 1. The Morgan fingerprint density at radius 3 is 2.04 bits per heavy atom. The number of carboxylic acids is 1. The first kappa shape index (κ1) is 42.1. The predicted octanol–water partition coefficient (Wildman–Crippen LogP) is 2.21. The molecule has 1 heterocycles. The zero-order valence-electron chi connectivity index (χ0n) is 31.8. The summed E-state index contributed by atoms with van der Waals surface area (Å²) in [5.41, 5.74) is 15.1. The minimum Gasteiger partial charge on any atom is -0.480 e. The van der Waals surface area contributed by atoms with Gasteiger partial charge in [-0.3, -0.25) is 19.2 Å². The van der Waals surface area contributed by atoms with Gasteiger partial charge in [-0.25, -0.2) is 4.79 Å². The van der Waals surface area contributed by atoms with Crippen LogP contribution in [0.1, 0.15) is 42.9 Å². The van der Waals surface area contributed by atoms with Gasteiger partial charge in [-0.15, -0.1) is 0 Å². The van der Waals surface area contributed by atoms with E-state index < -0.39 is 65.9 Å². The van der Waals surface area contributed by atoms with Gasteiger partial charge in [0.25, 0.3) is 0 Å². The number of aliphatic carboxylic acids is 1. The van der Waals surface area contributed by atoms with Gasteiger partial charge in [0.05, 0.1) is 12.1 Å². The van der Waals surface area contributed by atoms with Crippen molar-refractivity contribution >= 4 is 51.3 Å². The predicted molar refractivity (Wildman–Crippen MR) is 218 cm³/mol. The molecule has 0 aliphatic rings. The summed E-state index contributed by atoms with van der Waals surface area (Å²) in [5.74, 6) is -4.25. The van der Waals surface area contributed by atoms with Crippen molar-refractivity contribution in [2.75, 3.05) is 6.54 Å². The Labute approximate surface area is 330 Å². The van der Waals surface area contributed by atoms with Crippen LogP contribution in [0.15, 0.2) is 103 Å². The van der Waals surface area contributed by atoms with E-state index in [0.29, 0.717) is 24.9 Å². The second-order valence-electron chi connectivity index (χ2n) is 14.3. The summed E-state index contributed by atoms with van der Waals surface area (Å²) in [6, 6.07) is 23.5. The second kappa shape index (κ2) is 20.2. The second-order valence-corrected chi connectivity index (χ2v) is 14.3. The minimum atomic E-state index is -1.57. The van der Waals surface area contributed by atoms with E-state index in [4.69, 9.17) is 11.5 Å². The highest BCUT2D eigenvalue weighted by molar-refractivity contribution is 5.96. The van der Waals surface area contributed by atoms with Crippen molar-refractivity contribution in [3.8, 4) is 0 Å². The number of H-pyrrole nitrogens is 1. The largest absolute Gasteiger partial charge is 0.480 e. The third-order valence-electron chi connectivity index (χ3n) is 9.88. The molecule has 0 aliphatic carbocycles. The molecule has 57 heavy (non-hydrogen) atoms. The first-order valence-electron chi connectivity index (χ1n) is 19.1. The molecule has 14 heteroatoms. The minimum absolute atomic E-state index is 0.0529. The molecule has 4 aromatic carbocycles. The van der Waals surface area contributed by atoms with Crippen LogP contribution in [0.3, 0.4) is 0 Å². The van der Waals surface area contributed by atoms with Gasteiger partial charge in [0.2, 0.25) is 23.6 Å². The highest BCUT2D eigenvalue weighted by atomic mass is 16.4. The molecule has 0 unspecified atom stereocenters. The van der Waals surface area contributed by atoms with E-state index in [-0.39, 0.29) is 25.7 Å². The zero-order valence-corrected chi connectivity index (χ0v) is 31.8. The number of rotatable bonds is 20. The number of aromatic nitrogens is 1. The summed E-state index contributed by atoms with van der Waals surface area (Å²) in [7, 11) is 0. The number of hydrogen-bond donors (Lipinski definition) is 9. The molecule has 0 saturated carbocycles. The molecule has 0 radical (unpaired) electrons. The summed E-state index contributed by atoms with van der Waals surface area (Å²) >= 11 is 0. The lowest BCUT2D eigenvalue weighted by Crippen LogP contribution is -2.60. The molecule has 5 aromatic rings. The first-order valence-corrected chi connectivity index (χ1v) is 19.1. The molecule has 1 aromatic heterocycles. The summed E-state index contributed by atoms with van der Waals surface area (Å²) in [6.07, 6.45) is 1.61. The number of nitrogens with one attached hydrogen (secondary N) is 5. The number of aromatic amines is 1. The van der Waals surface area contributed by atoms with Gasteiger partial charge in [0.15, 0.2) is 0 Å². The molecule has 6 atom stereocenters. The number of aliphatic hydroxyl groups is 1. The highest BCUT2D eigenvalue weighted by Crippen LogP contribution is 2.20. The van der Waals surface area contributed by atoms with E-state index in [1.54, 1.807) is 12.3 Å². The van der Waals surface area contributed by atoms with E-state index >= 15 is 0 Å². The van der Waals surface area contributed by atoms with Crippen LogP contribution in [0, 0.1) is 0 Å².